The zero-order valence-electron chi connectivity index (χ0n) is 16.5. The summed E-state index contributed by atoms with van der Waals surface area (Å²) in [5.74, 6) is 0.728. The molecule has 0 spiro atoms. The third kappa shape index (κ3) is 3.05. The van der Waals surface area contributed by atoms with Crippen molar-refractivity contribution in [3.8, 4) is 5.75 Å². The van der Waals surface area contributed by atoms with Crippen LogP contribution in [-0.2, 0) is 0 Å². The van der Waals surface area contributed by atoms with Gasteiger partial charge in [-0.05, 0) is 34.7 Å². The second kappa shape index (κ2) is 7.53. The van der Waals surface area contributed by atoms with E-state index in [0.717, 1.165) is 33.2 Å². The van der Waals surface area contributed by atoms with Gasteiger partial charge in [0.1, 0.15) is 11.3 Å². The highest BCUT2D eigenvalue weighted by atomic mass is 16.5. The van der Waals surface area contributed by atoms with Gasteiger partial charge < -0.3 is 9.15 Å². The molecule has 0 fully saturated rings. The topological polar surface area (TPSA) is 39.4 Å². The van der Waals surface area contributed by atoms with E-state index in [4.69, 9.17) is 9.15 Å². The van der Waals surface area contributed by atoms with Crippen LogP contribution in [0.15, 0.2) is 106 Å². The van der Waals surface area contributed by atoms with E-state index >= 15 is 0 Å². The molecule has 0 radical (unpaired) electrons. The van der Waals surface area contributed by atoms with Crippen molar-refractivity contribution in [1.82, 2.24) is 0 Å². The highest BCUT2D eigenvalue weighted by Gasteiger charge is 2.21. The summed E-state index contributed by atoms with van der Waals surface area (Å²) >= 11 is 0. The number of ether oxygens (including phenoxy) is 1. The Morgan fingerprint density at radius 2 is 1.30 bits per heavy atom. The van der Waals surface area contributed by atoms with Crippen molar-refractivity contribution < 1.29 is 9.15 Å². The Balaban J connectivity index is 1.82. The summed E-state index contributed by atoms with van der Waals surface area (Å²) in [5, 5.41) is 2.45. The van der Waals surface area contributed by atoms with Crippen molar-refractivity contribution in [1.29, 1.82) is 0 Å². The van der Waals surface area contributed by atoms with Crippen LogP contribution in [0.5, 0.6) is 5.75 Å². The van der Waals surface area contributed by atoms with E-state index in [-0.39, 0.29) is 11.5 Å². The molecule has 0 aliphatic heterocycles. The van der Waals surface area contributed by atoms with Crippen LogP contribution in [0.3, 0.4) is 0 Å². The van der Waals surface area contributed by atoms with E-state index in [0.29, 0.717) is 11.0 Å². The summed E-state index contributed by atoms with van der Waals surface area (Å²) in [6.07, 6.45) is 0. The summed E-state index contributed by atoms with van der Waals surface area (Å²) in [7, 11) is 1.66. The molecule has 0 saturated heterocycles. The molecular formula is C27H20O3. The summed E-state index contributed by atoms with van der Waals surface area (Å²) in [6.45, 7) is 0. The van der Waals surface area contributed by atoms with Gasteiger partial charge in [0.25, 0.3) is 0 Å². The van der Waals surface area contributed by atoms with E-state index in [9.17, 15) is 4.79 Å². The predicted octanol–water partition coefficient (Wildman–Crippen LogP) is 6.14. The minimum atomic E-state index is -0.313. The van der Waals surface area contributed by atoms with Gasteiger partial charge in [0.2, 0.25) is 0 Å². The summed E-state index contributed by atoms with van der Waals surface area (Å²) in [6, 6.07) is 32.0. The monoisotopic (exact) mass is 392 g/mol. The summed E-state index contributed by atoms with van der Waals surface area (Å²) in [4.78, 5) is 12.7. The summed E-state index contributed by atoms with van der Waals surface area (Å²) in [5.41, 5.74) is 3.51. The van der Waals surface area contributed by atoms with Crippen LogP contribution in [-0.4, -0.2) is 7.11 Å². The Hall–Kier alpha value is -3.85. The second-order valence-corrected chi connectivity index (χ2v) is 7.28. The Bertz CT molecular complexity index is 1380. The maximum Gasteiger partial charge on any atom is 0.344 e. The molecule has 1 unspecified atom stereocenters. The lowest BCUT2D eigenvalue weighted by molar-refractivity contribution is 0.414. The van der Waals surface area contributed by atoms with Gasteiger partial charge in [-0.2, -0.15) is 0 Å². The Morgan fingerprint density at radius 3 is 2.03 bits per heavy atom. The van der Waals surface area contributed by atoms with Crippen molar-refractivity contribution in [3.63, 3.8) is 0 Å². The molecular weight excluding hydrogens is 372 g/mol. The highest BCUT2D eigenvalue weighted by Crippen LogP contribution is 2.37. The Labute approximate surface area is 174 Å². The number of hydrogen-bond donors (Lipinski definition) is 0. The van der Waals surface area contributed by atoms with Crippen LogP contribution in [0.4, 0.5) is 0 Å². The van der Waals surface area contributed by atoms with Gasteiger partial charge in [-0.25, -0.2) is 4.79 Å². The number of hydrogen-bond acceptors (Lipinski definition) is 3. The highest BCUT2D eigenvalue weighted by molar-refractivity contribution is 6.05. The van der Waals surface area contributed by atoms with Gasteiger partial charge in [-0.1, -0.05) is 78.9 Å². The van der Waals surface area contributed by atoms with Crippen LogP contribution in [0.1, 0.15) is 22.6 Å². The number of rotatable bonds is 4. The van der Waals surface area contributed by atoms with E-state index in [2.05, 4.69) is 24.3 Å². The van der Waals surface area contributed by atoms with Crippen molar-refractivity contribution >= 4 is 21.7 Å². The lowest BCUT2D eigenvalue weighted by Gasteiger charge is -2.20. The van der Waals surface area contributed by atoms with Gasteiger partial charge in [0.15, 0.2) is 0 Å². The first-order valence-corrected chi connectivity index (χ1v) is 9.89. The van der Waals surface area contributed by atoms with E-state index in [1.807, 2.05) is 72.8 Å². The first-order chi connectivity index (χ1) is 14.8. The minimum Gasteiger partial charge on any atom is -0.497 e. The third-order valence-corrected chi connectivity index (χ3v) is 5.57. The Kier molecular flexibility index (Phi) is 4.56. The van der Waals surface area contributed by atoms with Crippen molar-refractivity contribution in [3.05, 3.63) is 124 Å². The van der Waals surface area contributed by atoms with Gasteiger partial charge in [0.05, 0.1) is 12.5 Å². The first-order valence-electron chi connectivity index (χ1n) is 9.89. The molecule has 1 heterocycles. The standard InChI is InChI=1S/C27H20O3/c1-29-20-16-14-19(15-17-20)25(18-8-3-2-4-9-18)24-13-7-12-22-21-10-5-6-11-23(21)27(28)30-26(22)24/h2-17,25H,1H3. The fraction of sp³-hybridized carbons (Fsp3) is 0.0741. The van der Waals surface area contributed by atoms with Crippen molar-refractivity contribution in [2.45, 2.75) is 5.92 Å². The molecule has 1 aromatic heterocycles. The molecule has 146 valence electrons. The molecule has 5 rings (SSSR count). The van der Waals surface area contributed by atoms with E-state index in [1.54, 1.807) is 7.11 Å². The van der Waals surface area contributed by atoms with Gasteiger partial charge in [0, 0.05) is 16.9 Å². The van der Waals surface area contributed by atoms with Crippen LogP contribution in [0.2, 0.25) is 0 Å². The molecule has 0 amide bonds. The van der Waals surface area contributed by atoms with Gasteiger partial charge in [-0.3, -0.25) is 0 Å². The SMILES string of the molecule is COc1ccc(C(c2ccccc2)c2cccc3c2oc(=O)c2ccccc23)cc1. The molecule has 3 nitrogen and oxygen atoms in total. The quantitative estimate of drug-likeness (QED) is 0.210. The zero-order chi connectivity index (χ0) is 20.5. The maximum atomic E-state index is 12.7. The Morgan fingerprint density at radius 1 is 0.667 bits per heavy atom. The first kappa shape index (κ1) is 18.2. The number of para-hydroxylation sites is 1. The molecule has 5 aromatic rings. The normalized spacial score (nSPS) is 12.2. The van der Waals surface area contributed by atoms with Crippen molar-refractivity contribution in [2.24, 2.45) is 0 Å². The third-order valence-electron chi connectivity index (χ3n) is 5.57. The fourth-order valence-corrected chi connectivity index (χ4v) is 4.15. The summed E-state index contributed by atoms with van der Waals surface area (Å²) < 4.78 is 11.2. The second-order valence-electron chi connectivity index (χ2n) is 7.28. The number of fused-ring (bicyclic) bond motifs is 3. The minimum absolute atomic E-state index is 0.0786. The van der Waals surface area contributed by atoms with Crippen LogP contribution >= 0.6 is 0 Å². The van der Waals surface area contributed by atoms with Crippen LogP contribution in [0.25, 0.3) is 21.7 Å². The molecule has 0 aliphatic rings. The molecule has 4 aromatic carbocycles. The van der Waals surface area contributed by atoms with E-state index in [1.165, 1.54) is 0 Å². The largest absolute Gasteiger partial charge is 0.497 e. The molecule has 0 N–H and O–H groups in total. The average Bonchev–Trinajstić information content (AvgIpc) is 2.81. The van der Waals surface area contributed by atoms with Crippen LogP contribution in [0, 0.1) is 0 Å². The lowest BCUT2D eigenvalue weighted by Crippen LogP contribution is -2.07. The molecule has 0 bridgehead atoms. The van der Waals surface area contributed by atoms with Crippen LogP contribution < -0.4 is 10.4 Å². The van der Waals surface area contributed by atoms with Gasteiger partial charge in [-0.15, -0.1) is 0 Å². The average molecular weight is 392 g/mol. The van der Waals surface area contributed by atoms with Gasteiger partial charge >= 0.3 is 5.63 Å². The lowest BCUT2D eigenvalue weighted by atomic mass is 9.84. The molecule has 1 atom stereocenters. The molecule has 30 heavy (non-hydrogen) atoms. The van der Waals surface area contributed by atoms with E-state index < -0.39 is 0 Å². The maximum absolute atomic E-state index is 12.7. The fourth-order valence-electron chi connectivity index (χ4n) is 4.15. The smallest absolute Gasteiger partial charge is 0.344 e. The molecule has 3 heteroatoms. The van der Waals surface area contributed by atoms with Crippen molar-refractivity contribution in [2.75, 3.05) is 7.11 Å². The number of methoxy groups -OCH3 is 1. The number of benzene rings is 4. The molecule has 0 saturated carbocycles. The zero-order valence-corrected chi connectivity index (χ0v) is 16.5. The predicted molar refractivity (Wildman–Crippen MR) is 120 cm³/mol. The molecule has 0 aliphatic carbocycles.